The number of carbonyl (C=O) groups excluding carboxylic acids is 1. The third-order valence-electron chi connectivity index (χ3n) is 2.30. The van der Waals surface area contributed by atoms with Crippen LogP contribution in [0.5, 0.6) is 0 Å². The number of carbonyl (C=O) groups is 1. The van der Waals surface area contributed by atoms with Gasteiger partial charge in [0.05, 0.1) is 6.54 Å². The molecule has 1 aliphatic heterocycles. The van der Waals surface area contributed by atoms with Crippen molar-refractivity contribution in [2.75, 3.05) is 12.3 Å². The number of nitrogens with zero attached hydrogens (tertiary/aromatic N) is 3. The van der Waals surface area contributed by atoms with Gasteiger partial charge in [0.15, 0.2) is 0 Å². The molecule has 2 rings (SSSR count). The van der Waals surface area contributed by atoms with E-state index in [9.17, 15) is 4.79 Å². The molecule has 1 aromatic heterocycles. The van der Waals surface area contributed by atoms with Gasteiger partial charge in [-0.05, 0) is 6.42 Å². The van der Waals surface area contributed by atoms with E-state index in [1.165, 1.54) is 11.8 Å². The van der Waals surface area contributed by atoms with Gasteiger partial charge in [-0.1, -0.05) is 29.9 Å². The Labute approximate surface area is 108 Å². The second-order valence-corrected chi connectivity index (χ2v) is 5.15. The number of thioether (sulfide) groups is 1. The molecule has 0 aliphatic carbocycles. The highest BCUT2D eigenvalue weighted by Gasteiger charge is 2.22. The SMILES string of the molecule is C=C(Cl)CSc1nnc(CN2CCCC2=O)o1. The molecule has 0 atom stereocenters. The van der Waals surface area contributed by atoms with Crippen LogP contribution in [0.1, 0.15) is 18.7 Å². The van der Waals surface area contributed by atoms with E-state index in [4.69, 9.17) is 16.0 Å². The average molecular weight is 274 g/mol. The van der Waals surface area contributed by atoms with Crippen molar-refractivity contribution in [1.29, 1.82) is 0 Å². The Hall–Kier alpha value is -1.01. The lowest BCUT2D eigenvalue weighted by Gasteiger charge is -2.11. The van der Waals surface area contributed by atoms with Gasteiger partial charge < -0.3 is 9.32 Å². The van der Waals surface area contributed by atoms with E-state index in [2.05, 4.69) is 16.8 Å². The van der Waals surface area contributed by atoms with E-state index in [1.54, 1.807) is 4.90 Å². The maximum absolute atomic E-state index is 11.4. The zero-order valence-electron chi connectivity index (χ0n) is 9.19. The van der Waals surface area contributed by atoms with Gasteiger partial charge in [-0.2, -0.15) is 0 Å². The predicted octanol–water partition coefficient (Wildman–Crippen LogP) is 2.04. The maximum Gasteiger partial charge on any atom is 0.277 e. The molecule has 0 bridgehead atoms. The minimum absolute atomic E-state index is 0.145. The first kappa shape index (κ1) is 12.4. The summed E-state index contributed by atoms with van der Waals surface area (Å²) >= 11 is 6.97. The van der Waals surface area contributed by atoms with E-state index in [1.807, 2.05) is 0 Å². The molecule has 2 heterocycles. The van der Waals surface area contributed by atoms with Crippen molar-refractivity contribution in [3.8, 4) is 0 Å². The van der Waals surface area contributed by atoms with Gasteiger partial charge in [-0.25, -0.2) is 0 Å². The second-order valence-electron chi connectivity index (χ2n) is 3.69. The van der Waals surface area contributed by atoms with Gasteiger partial charge in [0.2, 0.25) is 11.8 Å². The lowest BCUT2D eigenvalue weighted by Crippen LogP contribution is -2.23. The van der Waals surface area contributed by atoms with Crippen LogP contribution >= 0.6 is 23.4 Å². The molecule has 0 aromatic carbocycles. The summed E-state index contributed by atoms with van der Waals surface area (Å²) in [6.07, 6.45) is 1.52. The minimum atomic E-state index is 0.145. The van der Waals surface area contributed by atoms with Crippen LogP contribution in [-0.4, -0.2) is 33.3 Å². The molecule has 1 aliphatic rings. The molecule has 1 amide bonds. The minimum Gasteiger partial charge on any atom is -0.414 e. The standard InChI is InChI=1S/C10H12ClN3O2S/c1-7(11)6-17-10-13-12-8(16-10)5-14-4-2-3-9(14)15/h1-6H2. The lowest BCUT2D eigenvalue weighted by molar-refractivity contribution is -0.128. The van der Waals surface area contributed by atoms with Crippen LogP contribution in [-0.2, 0) is 11.3 Å². The zero-order valence-corrected chi connectivity index (χ0v) is 10.8. The van der Waals surface area contributed by atoms with Crippen LogP contribution in [0.15, 0.2) is 21.3 Å². The molecule has 92 valence electrons. The largest absolute Gasteiger partial charge is 0.414 e. The van der Waals surface area contributed by atoms with E-state index in [0.29, 0.717) is 34.9 Å². The van der Waals surface area contributed by atoms with Crippen molar-refractivity contribution in [3.63, 3.8) is 0 Å². The maximum atomic E-state index is 11.4. The summed E-state index contributed by atoms with van der Waals surface area (Å²) in [6.45, 7) is 4.74. The fourth-order valence-corrected chi connectivity index (χ4v) is 2.23. The number of halogens is 1. The van der Waals surface area contributed by atoms with Crippen molar-refractivity contribution in [2.45, 2.75) is 24.6 Å². The monoisotopic (exact) mass is 273 g/mol. The van der Waals surface area contributed by atoms with E-state index in [0.717, 1.165) is 13.0 Å². The first-order valence-electron chi connectivity index (χ1n) is 5.21. The summed E-state index contributed by atoms with van der Waals surface area (Å²) in [6, 6.07) is 0. The molecule has 7 heteroatoms. The topological polar surface area (TPSA) is 59.2 Å². The number of amides is 1. The Kier molecular flexibility index (Phi) is 4.06. The molecule has 0 unspecified atom stereocenters. The van der Waals surface area contributed by atoms with Crippen molar-refractivity contribution in [3.05, 3.63) is 17.5 Å². The van der Waals surface area contributed by atoms with Gasteiger partial charge in [-0.3, -0.25) is 4.79 Å². The summed E-state index contributed by atoms with van der Waals surface area (Å²) < 4.78 is 5.39. The Morgan fingerprint density at radius 3 is 3.06 bits per heavy atom. The molecular weight excluding hydrogens is 262 g/mol. The zero-order chi connectivity index (χ0) is 12.3. The van der Waals surface area contributed by atoms with Gasteiger partial charge in [0, 0.05) is 23.8 Å². The molecule has 0 saturated carbocycles. The second kappa shape index (κ2) is 5.55. The lowest BCUT2D eigenvalue weighted by atomic mass is 10.4. The summed E-state index contributed by atoms with van der Waals surface area (Å²) in [5.74, 6) is 1.14. The Morgan fingerprint density at radius 1 is 1.59 bits per heavy atom. The fourth-order valence-electron chi connectivity index (χ4n) is 1.53. The third-order valence-corrected chi connectivity index (χ3v) is 3.49. The van der Waals surface area contributed by atoms with Crippen molar-refractivity contribution < 1.29 is 9.21 Å². The number of hydrogen-bond donors (Lipinski definition) is 0. The molecule has 0 N–H and O–H groups in total. The Balaban J connectivity index is 1.89. The van der Waals surface area contributed by atoms with Crippen molar-refractivity contribution >= 4 is 29.3 Å². The van der Waals surface area contributed by atoms with Crippen LogP contribution in [0.4, 0.5) is 0 Å². The molecule has 0 radical (unpaired) electrons. The van der Waals surface area contributed by atoms with Gasteiger partial charge in [0.1, 0.15) is 0 Å². The number of hydrogen-bond acceptors (Lipinski definition) is 5. The summed E-state index contributed by atoms with van der Waals surface area (Å²) in [5.41, 5.74) is 0. The van der Waals surface area contributed by atoms with Crippen molar-refractivity contribution in [2.24, 2.45) is 0 Å². The van der Waals surface area contributed by atoms with Crippen LogP contribution in [0.3, 0.4) is 0 Å². The molecule has 1 aromatic rings. The Bertz CT molecular complexity index is 435. The normalized spacial score (nSPS) is 15.6. The highest BCUT2D eigenvalue weighted by atomic mass is 35.5. The smallest absolute Gasteiger partial charge is 0.277 e. The number of likely N-dealkylation sites (tertiary alicyclic amines) is 1. The van der Waals surface area contributed by atoms with Crippen LogP contribution in [0, 0.1) is 0 Å². The summed E-state index contributed by atoms with van der Waals surface area (Å²) in [7, 11) is 0. The van der Waals surface area contributed by atoms with Gasteiger partial charge >= 0.3 is 0 Å². The Morgan fingerprint density at radius 2 is 2.41 bits per heavy atom. The summed E-state index contributed by atoms with van der Waals surface area (Å²) in [5, 5.41) is 8.74. The fraction of sp³-hybridized carbons (Fsp3) is 0.500. The highest BCUT2D eigenvalue weighted by Crippen LogP contribution is 2.21. The molecule has 1 saturated heterocycles. The number of rotatable bonds is 5. The highest BCUT2D eigenvalue weighted by molar-refractivity contribution is 7.99. The quantitative estimate of drug-likeness (QED) is 0.769. The van der Waals surface area contributed by atoms with Crippen molar-refractivity contribution in [1.82, 2.24) is 15.1 Å². The molecule has 5 nitrogen and oxygen atoms in total. The average Bonchev–Trinajstić information content (AvgIpc) is 2.87. The number of aromatic nitrogens is 2. The van der Waals surface area contributed by atoms with Crippen LogP contribution < -0.4 is 0 Å². The molecule has 1 fully saturated rings. The van der Waals surface area contributed by atoms with E-state index in [-0.39, 0.29) is 5.91 Å². The van der Waals surface area contributed by atoms with Crippen LogP contribution in [0.2, 0.25) is 0 Å². The summed E-state index contributed by atoms with van der Waals surface area (Å²) in [4.78, 5) is 13.1. The van der Waals surface area contributed by atoms with E-state index >= 15 is 0 Å². The first-order chi connectivity index (χ1) is 8.15. The molecule has 17 heavy (non-hydrogen) atoms. The third kappa shape index (κ3) is 3.47. The van der Waals surface area contributed by atoms with Gasteiger partial charge in [-0.15, -0.1) is 10.2 Å². The van der Waals surface area contributed by atoms with E-state index < -0.39 is 0 Å². The van der Waals surface area contributed by atoms with Crippen LogP contribution in [0.25, 0.3) is 0 Å². The molecular formula is C10H12ClN3O2S. The first-order valence-corrected chi connectivity index (χ1v) is 6.58. The predicted molar refractivity (Wildman–Crippen MR) is 64.7 cm³/mol. The molecule has 0 spiro atoms. The van der Waals surface area contributed by atoms with Gasteiger partial charge in [0.25, 0.3) is 5.22 Å².